The van der Waals surface area contributed by atoms with Gasteiger partial charge in [0.05, 0.1) is 11.7 Å². The van der Waals surface area contributed by atoms with Gasteiger partial charge < -0.3 is 15.2 Å². The minimum atomic E-state index is -4.53. The molecule has 1 saturated carbocycles. The number of benzene rings is 1. The molecule has 0 bridgehead atoms. The molecule has 4 nitrogen and oxygen atoms in total. The molecule has 22 heavy (non-hydrogen) atoms. The Hall–Kier alpha value is -1.76. The maximum absolute atomic E-state index is 12.8. The SMILES string of the molecule is O=C(COc1ccccc1C(F)(F)F)NCC1CCCC1O. The molecule has 1 amide bonds. The molecule has 0 heterocycles. The molecule has 2 rings (SSSR count). The van der Waals surface area contributed by atoms with Crippen LogP contribution in [-0.4, -0.2) is 30.3 Å². The number of alkyl halides is 3. The molecule has 122 valence electrons. The first kappa shape index (κ1) is 16.6. The zero-order valence-corrected chi connectivity index (χ0v) is 11.9. The lowest BCUT2D eigenvalue weighted by atomic mass is 10.1. The van der Waals surface area contributed by atoms with Gasteiger partial charge in [0.1, 0.15) is 5.75 Å². The Morgan fingerprint density at radius 2 is 2.05 bits per heavy atom. The predicted octanol–water partition coefficient (Wildman–Crippen LogP) is 2.36. The van der Waals surface area contributed by atoms with Crippen LogP contribution in [0.2, 0.25) is 0 Å². The summed E-state index contributed by atoms with van der Waals surface area (Å²) in [5.74, 6) is -0.867. The van der Waals surface area contributed by atoms with Crippen molar-refractivity contribution in [1.82, 2.24) is 5.32 Å². The van der Waals surface area contributed by atoms with Crippen molar-refractivity contribution in [3.05, 3.63) is 29.8 Å². The Bertz CT molecular complexity index is 519. The monoisotopic (exact) mass is 317 g/mol. The number of hydrogen-bond acceptors (Lipinski definition) is 3. The molecule has 7 heteroatoms. The molecule has 1 aromatic carbocycles. The maximum atomic E-state index is 12.8. The summed E-state index contributed by atoms with van der Waals surface area (Å²) in [7, 11) is 0. The number of para-hydroxylation sites is 1. The van der Waals surface area contributed by atoms with Crippen LogP contribution in [-0.2, 0) is 11.0 Å². The second-order valence-electron chi connectivity index (χ2n) is 5.35. The van der Waals surface area contributed by atoms with Crippen LogP contribution in [0.3, 0.4) is 0 Å². The van der Waals surface area contributed by atoms with Crippen LogP contribution in [0.25, 0.3) is 0 Å². The van der Waals surface area contributed by atoms with E-state index in [2.05, 4.69) is 5.32 Å². The van der Waals surface area contributed by atoms with Gasteiger partial charge in [-0.1, -0.05) is 18.6 Å². The molecule has 1 fully saturated rings. The van der Waals surface area contributed by atoms with Crippen molar-refractivity contribution in [3.8, 4) is 5.75 Å². The summed E-state index contributed by atoms with van der Waals surface area (Å²) < 4.78 is 43.3. The van der Waals surface area contributed by atoms with E-state index in [1.54, 1.807) is 0 Å². The molecule has 0 spiro atoms. The fourth-order valence-electron chi connectivity index (χ4n) is 2.52. The second kappa shape index (κ2) is 7.00. The summed E-state index contributed by atoms with van der Waals surface area (Å²) in [6.45, 7) is -0.180. The number of halogens is 3. The van der Waals surface area contributed by atoms with Crippen LogP contribution >= 0.6 is 0 Å². The average molecular weight is 317 g/mol. The van der Waals surface area contributed by atoms with E-state index >= 15 is 0 Å². The first-order valence-corrected chi connectivity index (χ1v) is 7.11. The summed E-state index contributed by atoms with van der Waals surface area (Å²) in [6.07, 6.45) is -2.49. The molecule has 2 atom stereocenters. The number of carbonyl (C=O) groups is 1. The third-order valence-electron chi connectivity index (χ3n) is 3.73. The first-order valence-electron chi connectivity index (χ1n) is 7.11. The van der Waals surface area contributed by atoms with Crippen molar-refractivity contribution in [3.63, 3.8) is 0 Å². The van der Waals surface area contributed by atoms with Gasteiger partial charge in [0.25, 0.3) is 5.91 Å². The highest BCUT2D eigenvalue weighted by atomic mass is 19.4. The van der Waals surface area contributed by atoms with Crippen molar-refractivity contribution in [2.45, 2.75) is 31.5 Å². The molecular formula is C15H18F3NO3. The van der Waals surface area contributed by atoms with Crippen molar-refractivity contribution in [2.24, 2.45) is 5.92 Å². The van der Waals surface area contributed by atoms with Crippen LogP contribution < -0.4 is 10.1 Å². The van der Waals surface area contributed by atoms with E-state index in [9.17, 15) is 23.1 Å². The van der Waals surface area contributed by atoms with Gasteiger partial charge in [-0.3, -0.25) is 4.79 Å². The van der Waals surface area contributed by atoms with Crippen LogP contribution in [0.4, 0.5) is 13.2 Å². The topological polar surface area (TPSA) is 58.6 Å². The lowest BCUT2D eigenvalue weighted by Crippen LogP contribution is -2.35. The van der Waals surface area contributed by atoms with E-state index in [0.717, 1.165) is 25.3 Å². The van der Waals surface area contributed by atoms with E-state index in [-0.39, 0.29) is 11.7 Å². The molecule has 0 aromatic heterocycles. The summed E-state index contributed by atoms with van der Waals surface area (Å²) in [5.41, 5.74) is -0.908. The molecular weight excluding hydrogens is 299 g/mol. The van der Waals surface area contributed by atoms with Crippen molar-refractivity contribution >= 4 is 5.91 Å². The average Bonchev–Trinajstić information content (AvgIpc) is 2.87. The van der Waals surface area contributed by atoms with Crippen LogP contribution in [0, 0.1) is 5.92 Å². The van der Waals surface area contributed by atoms with Gasteiger partial charge >= 0.3 is 6.18 Å². The van der Waals surface area contributed by atoms with Gasteiger partial charge in [-0.05, 0) is 25.0 Å². The summed E-state index contributed by atoms with van der Waals surface area (Å²) in [5, 5.41) is 12.2. The van der Waals surface area contributed by atoms with Crippen LogP contribution in [0.5, 0.6) is 5.75 Å². The van der Waals surface area contributed by atoms with Gasteiger partial charge in [0.2, 0.25) is 0 Å². The van der Waals surface area contributed by atoms with Crippen LogP contribution in [0.15, 0.2) is 24.3 Å². The third kappa shape index (κ3) is 4.37. The van der Waals surface area contributed by atoms with Gasteiger partial charge in [-0.2, -0.15) is 13.2 Å². The van der Waals surface area contributed by atoms with Crippen molar-refractivity contribution in [1.29, 1.82) is 0 Å². The van der Waals surface area contributed by atoms with Gasteiger partial charge in [0, 0.05) is 12.5 Å². The number of nitrogens with one attached hydrogen (secondary N) is 1. The Balaban J connectivity index is 1.84. The molecule has 1 aliphatic rings. The minimum Gasteiger partial charge on any atom is -0.483 e. The highest BCUT2D eigenvalue weighted by molar-refractivity contribution is 5.77. The largest absolute Gasteiger partial charge is 0.483 e. The van der Waals surface area contributed by atoms with E-state index < -0.39 is 30.4 Å². The number of hydrogen-bond donors (Lipinski definition) is 2. The fourth-order valence-corrected chi connectivity index (χ4v) is 2.52. The molecule has 1 aliphatic carbocycles. The zero-order valence-electron chi connectivity index (χ0n) is 11.9. The fraction of sp³-hybridized carbons (Fsp3) is 0.533. The Labute approximate surface area is 126 Å². The maximum Gasteiger partial charge on any atom is 0.419 e. The summed E-state index contributed by atoms with van der Waals surface area (Å²) >= 11 is 0. The van der Waals surface area contributed by atoms with E-state index in [1.165, 1.54) is 18.2 Å². The molecule has 0 radical (unpaired) electrons. The number of aliphatic hydroxyl groups is 1. The summed E-state index contributed by atoms with van der Waals surface area (Å²) in [6, 6.07) is 4.76. The summed E-state index contributed by atoms with van der Waals surface area (Å²) in [4.78, 5) is 11.6. The molecule has 2 N–H and O–H groups in total. The Morgan fingerprint density at radius 1 is 1.32 bits per heavy atom. The molecule has 0 aliphatic heterocycles. The lowest BCUT2D eigenvalue weighted by molar-refractivity contribution is -0.139. The normalized spacial score (nSPS) is 21.6. The second-order valence-corrected chi connectivity index (χ2v) is 5.35. The third-order valence-corrected chi connectivity index (χ3v) is 3.73. The minimum absolute atomic E-state index is 0.00594. The number of amides is 1. The highest BCUT2D eigenvalue weighted by Crippen LogP contribution is 2.35. The quantitative estimate of drug-likeness (QED) is 0.876. The standard InChI is InChI=1S/C15H18F3NO3/c16-15(17,18)11-5-1-2-7-13(11)22-9-14(21)19-8-10-4-3-6-12(10)20/h1-2,5,7,10,12,20H,3-4,6,8-9H2,(H,19,21). The van der Waals surface area contributed by atoms with Gasteiger partial charge in [-0.15, -0.1) is 0 Å². The molecule has 0 saturated heterocycles. The van der Waals surface area contributed by atoms with Crippen molar-refractivity contribution in [2.75, 3.05) is 13.2 Å². The van der Waals surface area contributed by atoms with Crippen molar-refractivity contribution < 1.29 is 27.8 Å². The number of aliphatic hydroxyl groups excluding tert-OH is 1. The van der Waals surface area contributed by atoms with E-state index in [0.29, 0.717) is 6.54 Å². The lowest BCUT2D eigenvalue weighted by Gasteiger charge is -2.16. The highest BCUT2D eigenvalue weighted by Gasteiger charge is 2.34. The Morgan fingerprint density at radius 3 is 2.68 bits per heavy atom. The van der Waals surface area contributed by atoms with E-state index in [1.807, 2.05) is 0 Å². The van der Waals surface area contributed by atoms with Gasteiger partial charge in [0.15, 0.2) is 6.61 Å². The smallest absolute Gasteiger partial charge is 0.419 e. The predicted molar refractivity (Wildman–Crippen MR) is 73.3 cm³/mol. The van der Waals surface area contributed by atoms with E-state index in [4.69, 9.17) is 4.74 Å². The molecule has 1 aromatic rings. The molecule has 2 unspecified atom stereocenters. The zero-order chi connectivity index (χ0) is 16.2. The number of carbonyl (C=O) groups excluding carboxylic acids is 1. The number of rotatable bonds is 5. The first-order chi connectivity index (χ1) is 10.4. The van der Waals surface area contributed by atoms with Crippen LogP contribution in [0.1, 0.15) is 24.8 Å². The number of ether oxygens (including phenoxy) is 1. The Kier molecular flexibility index (Phi) is 5.28. The van der Waals surface area contributed by atoms with Gasteiger partial charge in [-0.25, -0.2) is 0 Å².